The molecule has 0 bridgehead atoms. The minimum atomic E-state index is -1.83. The number of nitrogen functional groups attached to an aromatic ring is 1. The molecule has 0 radical (unpaired) electrons. The number of aliphatic hydroxyl groups is 3. The topological polar surface area (TPSA) is 172 Å². The number of rotatable bonds is 11. The number of benzene rings is 2. The number of nitriles is 1. The number of nitrogens with one attached hydrogen (secondary N) is 1. The summed E-state index contributed by atoms with van der Waals surface area (Å²) >= 11 is 5.84. The molecule has 12 heteroatoms. The van der Waals surface area contributed by atoms with Gasteiger partial charge in [0.2, 0.25) is 0 Å². The molecule has 2 aromatic carbocycles. The predicted molar refractivity (Wildman–Crippen MR) is 159 cm³/mol. The molecule has 0 spiro atoms. The van der Waals surface area contributed by atoms with Crippen molar-refractivity contribution < 1.29 is 24.8 Å². The Bertz CT molecular complexity index is 1590. The van der Waals surface area contributed by atoms with Crippen LogP contribution in [0.3, 0.4) is 0 Å². The van der Waals surface area contributed by atoms with Crippen LogP contribution in [0.5, 0.6) is 5.75 Å². The first kappa shape index (κ1) is 29.6. The number of nitrogens with zero attached hydrogens (tertiary/aromatic N) is 4. The summed E-state index contributed by atoms with van der Waals surface area (Å²) in [6.45, 7) is 1.66. The summed E-state index contributed by atoms with van der Waals surface area (Å²) in [5.41, 5.74) is 7.55. The predicted octanol–water partition coefficient (Wildman–Crippen LogP) is 3.56. The van der Waals surface area contributed by atoms with E-state index in [9.17, 15) is 20.6 Å². The van der Waals surface area contributed by atoms with Crippen LogP contribution >= 0.6 is 11.6 Å². The molecule has 6 N–H and O–H groups in total. The standard InChI is InChI=1S/C30H33ClN6O5/c1-30(40)25(39)23(16-38)42-29(30)37-27(21(14-32)24-26(33)35-17-36-28(24)37)34-15-18-9-10-20(19-7-3-2-4-8-19)22(13-18)41-12-6-5-11-31/h2-4,7-10,13,17,23,25,29,34,38-40H,5-6,11-12,15-16H2,1H3,(H2,33,35,36)/t23?,25-,29?,30-/m1/s1. The number of anilines is 2. The van der Waals surface area contributed by atoms with Crippen molar-refractivity contribution in [2.75, 3.05) is 30.1 Å². The molecule has 42 heavy (non-hydrogen) atoms. The van der Waals surface area contributed by atoms with Gasteiger partial charge in [0, 0.05) is 18.0 Å². The molecule has 0 saturated carbocycles. The fourth-order valence-corrected chi connectivity index (χ4v) is 5.44. The van der Waals surface area contributed by atoms with Gasteiger partial charge in [-0.15, -0.1) is 11.6 Å². The molecule has 1 aliphatic heterocycles. The van der Waals surface area contributed by atoms with E-state index in [1.165, 1.54) is 17.8 Å². The van der Waals surface area contributed by atoms with Crippen molar-refractivity contribution >= 4 is 34.3 Å². The third kappa shape index (κ3) is 5.47. The summed E-state index contributed by atoms with van der Waals surface area (Å²) in [7, 11) is 0. The fourth-order valence-electron chi connectivity index (χ4n) is 5.25. The average molecular weight is 593 g/mol. The number of aliphatic hydroxyl groups excluding tert-OH is 2. The maximum Gasteiger partial charge on any atom is 0.168 e. The van der Waals surface area contributed by atoms with Crippen molar-refractivity contribution in [3.8, 4) is 22.9 Å². The summed E-state index contributed by atoms with van der Waals surface area (Å²) in [6, 6.07) is 18.0. The van der Waals surface area contributed by atoms with Crippen LogP contribution < -0.4 is 15.8 Å². The zero-order valence-corrected chi connectivity index (χ0v) is 23.8. The Kier molecular flexibility index (Phi) is 8.82. The molecule has 1 fully saturated rings. The monoisotopic (exact) mass is 592 g/mol. The molecule has 2 aromatic heterocycles. The minimum Gasteiger partial charge on any atom is -0.493 e. The van der Waals surface area contributed by atoms with Crippen molar-refractivity contribution in [3.05, 3.63) is 66.0 Å². The number of hydrogen-bond acceptors (Lipinski definition) is 10. The lowest BCUT2D eigenvalue weighted by Crippen LogP contribution is -2.44. The van der Waals surface area contributed by atoms with Gasteiger partial charge in [0.1, 0.15) is 53.2 Å². The number of nitrogens with two attached hydrogens (primary N) is 1. The number of halogens is 1. The number of alkyl halides is 1. The summed E-state index contributed by atoms with van der Waals surface area (Å²) in [4.78, 5) is 8.38. The Morgan fingerprint density at radius 2 is 2.00 bits per heavy atom. The van der Waals surface area contributed by atoms with Crippen molar-refractivity contribution in [2.45, 2.75) is 50.3 Å². The smallest absolute Gasteiger partial charge is 0.168 e. The lowest BCUT2D eigenvalue weighted by Gasteiger charge is -2.29. The number of fused-ring (bicyclic) bond motifs is 1. The maximum atomic E-state index is 11.3. The van der Waals surface area contributed by atoms with Crippen molar-refractivity contribution in [3.63, 3.8) is 0 Å². The molecule has 11 nitrogen and oxygen atoms in total. The second-order valence-electron chi connectivity index (χ2n) is 10.3. The number of hydrogen-bond donors (Lipinski definition) is 5. The van der Waals surface area contributed by atoms with E-state index >= 15 is 0 Å². The van der Waals surface area contributed by atoms with E-state index in [0.717, 1.165) is 29.5 Å². The lowest BCUT2D eigenvalue weighted by molar-refractivity contribution is -0.0939. The van der Waals surface area contributed by atoms with E-state index in [2.05, 4.69) is 21.4 Å². The first-order valence-electron chi connectivity index (χ1n) is 13.6. The Morgan fingerprint density at radius 3 is 2.69 bits per heavy atom. The van der Waals surface area contributed by atoms with Gasteiger partial charge in [-0.1, -0.05) is 42.5 Å². The first-order chi connectivity index (χ1) is 20.3. The lowest BCUT2D eigenvalue weighted by atomic mass is 9.96. The Hall–Kier alpha value is -3.92. The SMILES string of the molecule is C[C@]1(O)C(n2c(NCc3ccc(-c4ccccc4)c(OCCCCCl)c3)c(C#N)c3c(N)ncnc32)OC(CO)[C@H]1O. The number of ether oxygens (including phenoxy) is 2. The van der Waals surface area contributed by atoms with E-state index in [0.29, 0.717) is 18.2 Å². The van der Waals surface area contributed by atoms with Crippen molar-refractivity contribution in [2.24, 2.45) is 0 Å². The van der Waals surface area contributed by atoms with Crippen molar-refractivity contribution in [1.29, 1.82) is 5.26 Å². The number of unbranched alkanes of at least 4 members (excludes halogenated alkanes) is 1. The third-order valence-corrected chi connectivity index (χ3v) is 7.74. The normalized spacial score (nSPS) is 21.9. The van der Waals surface area contributed by atoms with Gasteiger partial charge in [0.15, 0.2) is 11.9 Å². The summed E-state index contributed by atoms with van der Waals surface area (Å²) in [6.07, 6.45) is -0.742. The van der Waals surface area contributed by atoms with Crippen LogP contribution in [0, 0.1) is 11.3 Å². The van der Waals surface area contributed by atoms with Crippen LogP contribution in [-0.4, -0.2) is 66.8 Å². The van der Waals surface area contributed by atoms with E-state index < -0.39 is 30.6 Å². The quantitative estimate of drug-likeness (QED) is 0.128. The van der Waals surface area contributed by atoms with Gasteiger partial charge in [0.25, 0.3) is 0 Å². The molecule has 0 amide bonds. The first-order valence-corrected chi connectivity index (χ1v) is 14.2. The van der Waals surface area contributed by atoms with E-state index in [1.807, 2.05) is 48.5 Å². The van der Waals surface area contributed by atoms with Crippen LogP contribution in [0.4, 0.5) is 11.6 Å². The van der Waals surface area contributed by atoms with Gasteiger partial charge in [-0.2, -0.15) is 5.26 Å². The summed E-state index contributed by atoms with van der Waals surface area (Å²) in [5, 5.41) is 45.5. The van der Waals surface area contributed by atoms with Crippen LogP contribution in [0.2, 0.25) is 0 Å². The summed E-state index contributed by atoms with van der Waals surface area (Å²) < 4.78 is 13.6. The third-order valence-electron chi connectivity index (χ3n) is 7.47. The molecular weight excluding hydrogens is 560 g/mol. The second kappa shape index (κ2) is 12.5. The molecule has 4 atom stereocenters. The largest absolute Gasteiger partial charge is 0.493 e. The molecule has 5 rings (SSSR count). The zero-order valence-electron chi connectivity index (χ0n) is 23.1. The Morgan fingerprint density at radius 1 is 1.21 bits per heavy atom. The highest BCUT2D eigenvalue weighted by Gasteiger charge is 2.54. The molecule has 2 unspecified atom stereocenters. The zero-order chi connectivity index (χ0) is 29.9. The van der Waals surface area contributed by atoms with Gasteiger partial charge in [-0.3, -0.25) is 4.57 Å². The fraction of sp³-hybridized carbons (Fsp3) is 0.367. The van der Waals surface area contributed by atoms with Gasteiger partial charge < -0.3 is 35.8 Å². The maximum absolute atomic E-state index is 11.3. The highest BCUT2D eigenvalue weighted by Crippen LogP contribution is 2.44. The van der Waals surface area contributed by atoms with Gasteiger partial charge >= 0.3 is 0 Å². The Labute approximate surface area is 248 Å². The second-order valence-corrected chi connectivity index (χ2v) is 10.7. The highest BCUT2D eigenvalue weighted by atomic mass is 35.5. The van der Waals surface area contributed by atoms with Crippen molar-refractivity contribution in [1.82, 2.24) is 14.5 Å². The molecule has 1 saturated heterocycles. The highest BCUT2D eigenvalue weighted by molar-refractivity contribution is 6.17. The molecule has 220 valence electrons. The molecule has 4 aromatic rings. The molecular formula is C30H33ClN6O5. The van der Waals surface area contributed by atoms with Gasteiger partial charge in [0.05, 0.1) is 18.6 Å². The van der Waals surface area contributed by atoms with Crippen LogP contribution in [0.25, 0.3) is 22.2 Å². The Balaban J connectivity index is 1.54. The molecule has 0 aliphatic carbocycles. The minimum absolute atomic E-state index is 0.0788. The van der Waals surface area contributed by atoms with E-state index in [1.54, 1.807) is 0 Å². The summed E-state index contributed by atoms with van der Waals surface area (Å²) in [5.74, 6) is 1.63. The van der Waals surface area contributed by atoms with Gasteiger partial charge in [-0.25, -0.2) is 9.97 Å². The molecule has 3 heterocycles. The average Bonchev–Trinajstić information content (AvgIpc) is 3.44. The number of aromatic nitrogens is 3. The van der Waals surface area contributed by atoms with E-state index in [4.69, 9.17) is 26.8 Å². The van der Waals surface area contributed by atoms with Crippen LogP contribution in [0.15, 0.2) is 54.9 Å². The van der Waals surface area contributed by atoms with E-state index in [-0.39, 0.29) is 34.8 Å². The van der Waals surface area contributed by atoms with Crippen LogP contribution in [-0.2, 0) is 11.3 Å². The molecule has 1 aliphatic rings. The van der Waals surface area contributed by atoms with Gasteiger partial charge in [-0.05, 0) is 37.0 Å². The van der Waals surface area contributed by atoms with Crippen LogP contribution in [0.1, 0.15) is 37.1 Å².